The second kappa shape index (κ2) is 6.45. The fraction of sp³-hybridized carbons (Fsp3) is 0.133. The molecule has 0 fully saturated rings. The minimum Gasteiger partial charge on any atom is -0.380 e. The van der Waals surface area contributed by atoms with E-state index in [-0.39, 0.29) is 12.1 Å². The van der Waals surface area contributed by atoms with E-state index in [1.54, 1.807) is 6.07 Å². The predicted molar refractivity (Wildman–Crippen MR) is 86.1 cm³/mol. The van der Waals surface area contributed by atoms with Gasteiger partial charge in [0.05, 0.1) is 5.69 Å². The topological polar surface area (TPSA) is 55.1 Å². The minimum atomic E-state index is -0.587. The molecule has 1 amide bonds. The van der Waals surface area contributed by atoms with Gasteiger partial charge in [-0.25, -0.2) is 4.39 Å². The van der Waals surface area contributed by atoms with E-state index in [0.717, 1.165) is 15.7 Å². The van der Waals surface area contributed by atoms with Crippen molar-refractivity contribution in [3.05, 3.63) is 62.3 Å². The third-order valence-corrected chi connectivity index (χ3v) is 4.11. The van der Waals surface area contributed by atoms with Crippen molar-refractivity contribution in [3.63, 3.8) is 0 Å². The van der Waals surface area contributed by atoms with Crippen LogP contribution in [0.1, 0.15) is 21.5 Å². The van der Waals surface area contributed by atoms with E-state index >= 15 is 0 Å². The third kappa shape index (κ3) is 3.74. The molecule has 0 atom stereocenters. The van der Waals surface area contributed by atoms with Gasteiger partial charge in [-0.05, 0) is 58.7 Å². The van der Waals surface area contributed by atoms with Crippen LogP contribution < -0.4 is 11.1 Å². The molecule has 2 aromatic rings. The first-order valence-electron chi connectivity index (χ1n) is 6.16. The molecule has 0 aromatic heterocycles. The molecule has 6 heteroatoms. The van der Waals surface area contributed by atoms with Crippen molar-refractivity contribution in [2.75, 3.05) is 5.32 Å². The normalized spacial score (nSPS) is 10.5. The molecule has 110 valence electrons. The van der Waals surface area contributed by atoms with Crippen LogP contribution in [0.15, 0.2) is 34.8 Å². The van der Waals surface area contributed by atoms with E-state index in [4.69, 9.17) is 17.3 Å². The fourth-order valence-electron chi connectivity index (χ4n) is 1.84. The van der Waals surface area contributed by atoms with Crippen molar-refractivity contribution in [2.24, 2.45) is 5.73 Å². The summed E-state index contributed by atoms with van der Waals surface area (Å²) < 4.78 is 14.6. The number of nitrogens with two attached hydrogens (primary N) is 1. The van der Waals surface area contributed by atoms with Crippen molar-refractivity contribution >= 4 is 39.1 Å². The Balaban J connectivity index is 2.22. The van der Waals surface area contributed by atoms with E-state index in [0.29, 0.717) is 10.6 Å². The molecule has 2 aromatic carbocycles. The highest BCUT2D eigenvalue weighted by molar-refractivity contribution is 9.10. The molecule has 0 aliphatic heterocycles. The summed E-state index contributed by atoms with van der Waals surface area (Å²) in [7, 11) is 0. The van der Waals surface area contributed by atoms with Crippen molar-refractivity contribution in [1.82, 2.24) is 0 Å². The van der Waals surface area contributed by atoms with Crippen molar-refractivity contribution in [1.29, 1.82) is 0 Å². The van der Waals surface area contributed by atoms with Crippen LogP contribution >= 0.6 is 27.5 Å². The first-order valence-corrected chi connectivity index (χ1v) is 7.33. The van der Waals surface area contributed by atoms with Gasteiger partial charge >= 0.3 is 0 Å². The van der Waals surface area contributed by atoms with Crippen LogP contribution in [0.3, 0.4) is 0 Å². The molecule has 0 spiro atoms. The third-order valence-electron chi connectivity index (χ3n) is 3.05. The molecule has 3 nitrogen and oxygen atoms in total. The Morgan fingerprint density at radius 2 is 2.10 bits per heavy atom. The van der Waals surface area contributed by atoms with Crippen molar-refractivity contribution in [3.8, 4) is 0 Å². The van der Waals surface area contributed by atoms with E-state index in [2.05, 4.69) is 21.2 Å². The second-order valence-corrected chi connectivity index (χ2v) is 5.87. The van der Waals surface area contributed by atoms with E-state index in [1.165, 1.54) is 18.2 Å². The summed E-state index contributed by atoms with van der Waals surface area (Å²) in [6, 6.07) is 7.67. The van der Waals surface area contributed by atoms with Gasteiger partial charge in [-0.1, -0.05) is 11.6 Å². The summed E-state index contributed by atoms with van der Waals surface area (Å²) in [4.78, 5) is 11.1. The quantitative estimate of drug-likeness (QED) is 0.843. The molecular formula is C15H13BrClFN2O. The Hall–Kier alpha value is -1.59. The molecule has 0 unspecified atom stereocenters. The lowest BCUT2D eigenvalue weighted by Crippen LogP contribution is -2.12. The molecular weight excluding hydrogens is 359 g/mol. The molecule has 0 saturated heterocycles. The number of carbonyl (C=O) groups excluding carboxylic acids is 1. The zero-order chi connectivity index (χ0) is 15.6. The summed E-state index contributed by atoms with van der Waals surface area (Å²) in [6.07, 6.45) is 0. The Morgan fingerprint density at radius 1 is 1.38 bits per heavy atom. The standard InChI is InChI=1S/C15H13BrClFN2O/c1-8-4-11(16)14(6-12(8)17)20-7-10-5-9(15(19)21)2-3-13(10)18/h2-6,20H,7H2,1H3,(H2,19,21). The molecule has 2 rings (SSSR count). The van der Waals surface area contributed by atoms with Gasteiger partial charge in [-0.3, -0.25) is 4.79 Å². The van der Waals surface area contributed by atoms with Gasteiger partial charge in [-0.2, -0.15) is 0 Å². The molecule has 0 saturated carbocycles. The van der Waals surface area contributed by atoms with Crippen LogP contribution in [0, 0.1) is 12.7 Å². The maximum Gasteiger partial charge on any atom is 0.248 e. The SMILES string of the molecule is Cc1cc(Br)c(NCc2cc(C(N)=O)ccc2F)cc1Cl. The van der Waals surface area contributed by atoms with Gasteiger partial charge in [0.15, 0.2) is 0 Å². The largest absolute Gasteiger partial charge is 0.380 e. The first-order chi connectivity index (χ1) is 9.88. The number of hydrogen-bond acceptors (Lipinski definition) is 2. The Bertz CT molecular complexity index is 706. The van der Waals surface area contributed by atoms with Crippen LogP contribution in [0.5, 0.6) is 0 Å². The van der Waals surface area contributed by atoms with Gasteiger partial charge in [-0.15, -0.1) is 0 Å². The first kappa shape index (κ1) is 15.8. The lowest BCUT2D eigenvalue weighted by molar-refractivity contribution is 0.1000. The van der Waals surface area contributed by atoms with Crippen LogP contribution in [-0.4, -0.2) is 5.91 Å². The highest BCUT2D eigenvalue weighted by Gasteiger charge is 2.09. The molecule has 21 heavy (non-hydrogen) atoms. The van der Waals surface area contributed by atoms with Crippen LogP contribution in [0.4, 0.5) is 10.1 Å². The van der Waals surface area contributed by atoms with Crippen LogP contribution in [0.2, 0.25) is 5.02 Å². The number of benzene rings is 2. The lowest BCUT2D eigenvalue weighted by Gasteiger charge is -2.12. The van der Waals surface area contributed by atoms with E-state index in [1.807, 2.05) is 13.0 Å². The molecule has 0 aliphatic carbocycles. The fourth-order valence-corrected chi connectivity index (χ4v) is 2.60. The molecule has 0 aliphatic rings. The highest BCUT2D eigenvalue weighted by atomic mass is 79.9. The van der Waals surface area contributed by atoms with Crippen LogP contribution in [0.25, 0.3) is 0 Å². The summed E-state index contributed by atoms with van der Waals surface area (Å²) >= 11 is 9.49. The average Bonchev–Trinajstić information content (AvgIpc) is 2.42. The number of carbonyl (C=O) groups is 1. The van der Waals surface area contributed by atoms with Crippen LogP contribution in [-0.2, 0) is 6.54 Å². The molecule has 0 heterocycles. The van der Waals surface area contributed by atoms with Gasteiger partial charge in [0.2, 0.25) is 5.91 Å². The number of halogens is 3. The number of hydrogen-bond donors (Lipinski definition) is 2. The lowest BCUT2D eigenvalue weighted by atomic mass is 10.1. The summed E-state index contributed by atoms with van der Waals surface area (Å²) in [6.45, 7) is 2.11. The van der Waals surface area contributed by atoms with Gasteiger partial charge in [0, 0.05) is 27.2 Å². The number of nitrogens with one attached hydrogen (secondary N) is 1. The van der Waals surface area contributed by atoms with E-state index in [9.17, 15) is 9.18 Å². The summed E-state index contributed by atoms with van der Waals surface area (Å²) in [5, 5.41) is 3.70. The average molecular weight is 372 g/mol. The summed E-state index contributed by atoms with van der Waals surface area (Å²) in [5.41, 5.74) is 7.51. The summed E-state index contributed by atoms with van der Waals surface area (Å²) in [5.74, 6) is -0.988. The zero-order valence-electron chi connectivity index (χ0n) is 11.2. The highest BCUT2D eigenvalue weighted by Crippen LogP contribution is 2.29. The smallest absolute Gasteiger partial charge is 0.248 e. The maximum atomic E-state index is 13.7. The van der Waals surface area contributed by atoms with Gasteiger partial charge in [0.25, 0.3) is 0 Å². The Kier molecular flexibility index (Phi) is 4.85. The number of primary amides is 1. The number of anilines is 1. The van der Waals surface area contributed by atoms with Crippen molar-refractivity contribution in [2.45, 2.75) is 13.5 Å². The zero-order valence-corrected chi connectivity index (χ0v) is 13.6. The second-order valence-electron chi connectivity index (χ2n) is 4.61. The Morgan fingerprint density at radius 3 is 2.76 bits per heavy atom. The van der Waals surface area contributed by atoms with Gasteiger partial charge < -0.3 is 11.1 Å². The molecule has 0 bridgehead atoms. The predicted octanol–water partition coefficient (Wildman–Crippen LogP) is 4.26. The molecule has 3 N–H and O–H groups in total. The number of rotatable bonds is 4. The number of amides is 1. The van der Waals surface area contributed by atoms with Gasteiger partial charge in [0.1, 0.15) is 5.82 Å². The molecule has 0 radical (unpaired) electrons. The minimum absolute atomic E-state index is 0.213. The maximum absolute atomic E-state index is 13.7. The Labute approximate surface area is 135 Å². The van der Waals surface area contributed by atoms with E-state index < -0.39 is 11.7 Å². The monoisotopic (exact) mass is 370 g/mol. The van der Waals surface area contributed by atoms with Crippen molar-refractivity contribution < 1.29 is 9.18 Å². The number of aryl methyl sites for hydroxylation is 1.